The molecule has 0 unspecified atom stereocenters. The van der Waals surface area contributed by atoms with E-state index in [1.165, 1.54) is 4.88 Å². The first kappa shape index (κ1) is 11.8. The lowest BCUT2D eigenvalue weighted by atomic mass is 10.3. The maximum atomic E-state index is 11.5. The van der Waals surface area contributed by atoms with Crippen LogP contribution in [0.5, 0.6) is 0 Å². The van der Waals surface area contributed by atoms with E-state index in [1.54, 1.807) is 18.3 Å². The smallest absolute Gasteiger partial charge is 0.227 e. The topological polar surface area (TPSA) is 68.0 Å². The second kappa shape index (κ2) is 5.58. The molecule has 17 heavy (non-hydrogen) atoms. The van der Waals surface area contributed by atoms with Crippen molar-refractivity contribution in [2.75, 3.05) is 6.54 Å². The van der Waals surface area contributed by atoms with Crippen molar-refractivity contribution in [3.8, 4) is 0 Å². The van der Waals surface area contributed by atoms with Gasteiger partial charge in [-0.1, -0.05) is 11.2 Å². The molecule has 0 fully saturated rings. The van der Waals surface area contributed by atoms with Crippen LogP contribution in [-0.2, 0) is 17.6 Å². The molecule has 0 saturated carbocycles. The monoisotopic (exact) mass is 251 g/mol. The molecule has 0 aromatic carbocycles. The number of aryl methyl sites for hydroxylation is 1. The molecule has 1 amide bonds. The molecule has 2 aromatic rings. The van der Waals surface area contributed by atoms with Gasteiger partial charge in [0.2, 0.25) is 11.8 Å². The Bertz CT molecular complexity index is 479. The minimum atomic E-state index is -0.0812. The third-order valence-electron chi connectivity index (χ3n) is 2.16. The number of aromatic nitrogens is 2. The summed E-state index contributed by atoms with van der Waals surface area (Å²) in [7, 11) is 0. The molecule has 0 atom stereocenters. The summed E-state index contributed by atoms with van der Waals surface area (Å²) < 4.78 is 4.79. The minimum absolute atomic E-state index is 0.0812. The summed E-state index contributed by atoms with van der Waals surface area (Å²) >= 11 is 1.69. The number of hydrogen-bond donors (Lipinski definition) is 1. The van der Waals surface area contributed by atoms with Crippen LogP contribution in [0.25, 0.3) is 0 Å². The number of rotatable bonds is 5. The number of carbonyl (C=O) groups is 1. The lowest BCUT2D eigenvalue weighted by Crippen LogP contribution is -2.27. The zero-order valence-corrected chi connectivity index (χ0v) is 10.3. The largest absolute Gasteiger partial charge is 0.355 e. The van der Waals surface area contributed by atoms with Gasteiger partial charge in [-0.15, -0.1) is 11.3 Å². The van der Waals surface area contributed by atoms with Crippen LogP contribution in [-0.4, -0.2) is 22.6 Å². The lowest BCUT2D eigenvalue weighted by Gasteiger charge is -2.01. The second-order valence-electron chi connectivity index (χ2n) is 3.59. The quantitative estimate of drug-likeness (QED) is 0.870. The molecular weight excluding hydrogens is 238 g/mol. The van der Waals surface area contributed by atoms with Crippen molar-refractivity contribution in [1.29, 1.82) is 0 Å². The molecule has 0 aliphatic heterocycles. The summed E-state index contributed by atoms with van der Waals surface area (Å²) in [4.78, 5) is 16.8. The second-order valence-corrected chi connectivity index (χ2v) is 4.62. The van der Waals surface area contributed by atoms with Crippen molar-refractivity contribution in [1.82, 2.24) is 15.5 Å². The number of amides is 1. The van der Waals surface area contributed by atoms with Crippen molar-refractivity contribution < 1.29 is 9.32 Å². The van der Waals surface area contributed by atoms with Gasteiger partial charge >= 0.3 is 0 Å². The summed E-state index contributed by atoms with van der Waals surface area (Å²) in [5, 5.41) is 8.52. The van der Waals surface area contributed by atoms with Gasteiger partial charge in [0.1, 0.15) is 0 Å². The molecule has 1 N–H and O–H groups in total. The molecule has 2 rings (SSSR count). The highest BCUT2D eigenvalue weighted by Crippen LogP contribution is 2.08. The van der Waals surface area contributed by atoms with E-state index in [-0.39, 0.29) is 12.3 Å². The van der Waals surface area contributed by atoms with Crippen LogP contribution in [0.3, 0.4) is 0 Å². The standard InChI is InChI=1S/C11H13N3O2S/c1-8-13-10(14-16-8)7-11(15)12-5-4-9-3-2-6-17-9/h2-3,6H,4-5,7H2,1H3,(H,12,15). The van der Waals surface area contributed by atoms with Gasteiger partial charge in [0, 0.05) is 18.3 Å². The maximum absolute atomic E-state index is 11.5. The third kappa shape index (κ3) is 3.67. The Kier molecular flexibility index (Phi) is 3.87. The zero-order valence-electron chi connectivity index (χ0n) is 9.47. The van der Waals surface area contributed by atoms with Crippen LogP contribution < -0.4 is 5.32 Å². The molecule has 0 bridgehead atoms. The van der Waals surface area contributed by atoms with E-state index in [9.17, 15) is 4.79 Å². The highest BCUT2D eigenvalue weighted by Gasteiger charge is 2.08. The molecule has 0 aliphatic carbocycles. The van der Waals surface area contributed by atoms with E-state index >= 15 is 0 Å². The molecule has 0 radical (unpaired) electrons. The van der Waals surface area contributed by atoms with Crippen molar-refractivity contribution in [2.45, 2.75) is 19.8 Å². The van der Waals surface area contributed by atoms with Crippen LogP contribution >= 0.6 is 11.3 Å². The highest BCUT2D eigenvalue weighted by molar-refractivity contribution is 7.09. The summed E-state index contributed by atoms with van der Waals surface area (Å²) in [5.41, 5.74) is 0. The number of carbonyl (C=O) groups excluding carboxylic acids is 1. The molecule has 2 heterocycles. The molecule has 6 heteroatoms. The van der Waals surface area contributed by atoms with E-state index in [4.69, 9.17) is 4.52 Å². The number of nitrogens with zero attached hydrogens (tertiary/aromatic N) is 2. The molecule has 2 aromatic heterocycles. The Morgan fingerprint density at radius 3 is 3.12 bits per heavy atom. The molecule has 90 valence electrons. The number of nitrogens with one attached hydrogen (secondary N) is 1. The van der Waals surface area contributed by atoms with Gasteiger partial charge in [-0.25, -0.2) is 0 Å². The molecule has 0 aliphatic rings. The first-order valence-electron chi connectivity index (χ1n) is 5.32. The fourth-order valence-electron chi connectivity index (χ4n) is 1.40. The van der Waals surface area contributed by atoms with Crippen LogP contribution in [0.1, 0.15) is 16.6 Å². The van der Waals surface area contributed by atoms with Gasteiger partial charge in [0.05, 0.1) is 6.42 Å². The van der Waals surface area contributed by atoms with Gasteiger partial charge in [-0.2, -0.15) is 4.98 Å². The SMILES string of the molecule is Cc1nc(CC(=O)NCCc2cccs2)no1. The normalized spacial score (nSPS) is 10.4. The van der Waals surface area contributed by atoms with Gasteiger partial charge in [0.25, 0.3) is 0 Å². The van der Waals surface area contributed by atoms with Gasteiger partial charge in [-0.3, -0.25) is 4.79 Å². The van der Waals surface area contributed by atoms with E-state index in [0.717, 1.165) is 6.42 Å². The average molecular weight is 251 g/mol. The first-order valence-corrected chi connectivity index (χ1v) is 6.20. The number of thiophene rings is 1. The first-order chi connectivity index (χ1) is 8.24. The van der Waals surface area contributed by atoms with Crippen LogP contribution in [0.2, 0.25) is 0 Å². The fraction of sp³-hybridized carbons (Fsp3) is 0.364. The summed E-state index contributed by atoms with van der Waals surface area (Å²) in [6.45, 7) is 2.33. The van der Waals surface area contributed by atoms with E-state index in [0.29, 0.717) is 18.3 Å². The summed E-state index contributed by atoms with van der Waals surface area (Å²) in [5.74, 6) is 0.824. The predicted octanol–water partition coefficient (Wildman–Crippen LogP) is 1.34. The van der Waals surface area contributed by atoms with Gasteiger partial charge in [-0.05, 0) is 17.9 Å². The van der Waals surface area contributed by atoms with Gasteiger partial charge < -0.3 is 9.84 Å². The fourth-order valence-corrected chi connectivity index (χ4v) is 2.11. The van der Waals surface area contributed by atoms with Crippen molar-refractivity contribution in [2.24, 2.45) is 0 Å². The molecule has 5 nitrogen and oxygen atoms in total. The van der Waals surface area contributed by atoms with Crippen LogP contribution in [0.15, 0.2) is 22.0 Å². The summed E-state index contributed by atoms with van der Waals surface area (Å²) in [6.07, 6.45) is 1.02. The molecule has 0 spiro atoms. The van der Waals surface area contributed by atoms with E-state index in [2.05, 4.69) is 21.5 Å². The Morgan fingerprint density at radius 2 is 2.47 bits per heavy atom. The average Bonchev–Trinajstić information content (AvgIpc) is 2.90. The Balaban J connectivity index is 1.71. The third-order valence-corrected chi connectivity index (χ3v) is 3.10. The van der Waals surface area contributed by atoms with Crippen molar-refractivity contribution in [3.63, 3.8) is 0 Å². The minimum Gasteiger partial charge on any atom is -0.355 e. The Morgan fingerprint density at radius 1 is 1.59 bits per heavy atom. The highest BCUT2D eigenvalue weighted by atomic mass is 32.1. The van der Waals surface area contributed by atoms with E-state index < -0.39 is 0 Å². The lowest BCUT2D eigenvalue weighted by molar-refractivity contribution is -0.120. The van der Waals surface area contributed by atoms with E-state index in [1.807, 2.05) is 11.4 Å². The van der Waals surface area contributed by atoms with Crippen molar-refractivity contribution in [3.05, 3.63) is 34.1 Å². The summed E-state index contributed by atoms with van der Waals surface area (Å²) in [6, 6.07) is 4.06. The van der Waals surface area contributed by atoms with Crippen molar-refractivity contribution >= 4 is 17.2 Å². The Labute approximate surface area is 103 Å². The Hall–Kier alpha value is -1.69. The zero-order chi connectivity index (χ0) is 12.1. The molecular formula is C11H13N3O2S. The van der Waals surface area contributed by atoms with Crippen LogP contribution in [0, 0.1) is 6.92 Å². The molecule has 0 saturated heterocycles. The number of hydrogen-bond acceptors (Lipinski definition) is 5. The van der Waals surface area contributed by atoms with Crippen LogP contribution in [0.4, 0.5) is 0 Å². The maximum Gasteiger partial charge on any atom is 0.227 e. The predicted molar refractivity (Wildman–Crippen MR) is 63.8 cm³/mol. The van der Waals surface area contributed by atoms with Gasteiger partial charge in [0.15, 0.2) is 5.82 Å².